The molecule has 4 N–H and O–H groups in total. The number of H-pyrrole nitrogens is 2. The number of hydrogen-bond acceptors (Lipinski definition) is 4. The van der Waals surface area contributed by atoms with E-state index in [1.807, 2.05) is 4.98 Å². The Hall–Kier alpha value is -2.38. The third-order valence-corrected chi connectivity index (χ3v) is 3.56. The van der Waals surface area contributed by atoms with Crippen molar-refractivity contribution < 1.29 is 14.7 Å². The standard InChI is InChI=1S/C12H15N3O5/c16-9(8-5-14-12(20)15-10(8)17)13-4-6-2-1-3-7(6)11(18)19/h5-7H,1-4H2,(H,13,16)(H,18,19)(H2,14,15,17,20). The van der Waals surface area contributed by atoms with Gasteiger partial charge in [-0.15, -0.1) is 0 Å². The summed E-state index contributed by atoms with van der Waals surface area (Å²) in [5, 5.41) is 11.6. The zero-order chi connectivity index (χ0) is 14.7. The van der Waals surface area contributed by atoms with Gasteiger partial charge in [0.2, 0.25) is 0 Å². The highest BCUT2D eigenvalue weighted by atomic mass is 16.4. The molecule has 2 rings (SSSR count). The van der Waals surface area contributed by atoms with Crippen LogP contribution >= 0.6 is 0 Å². The van der Waals surface area contributed by atoms with Crippen LogP contribution < -0.4 is 16.6 Å². The van der Waals surface area contributed by atoms with Gasteiger partial charge in [0.05, 0.1) is 5.92 Å². The normalized spacial score (nSPS) is 21.6. The quantitative estimate of drug-likeness (QED) is 0.579. The van der Waals surface area contributed by atoms with Gasteiger partial charge >= 0.3 is 11.7 Å². The highest BCUT2D eigenvalue weighted by molar-refractivity contribution is 5.93. The Kier molecular flexibility index (Phi) is 4.02. The van der Waals surface area contributed by atoms with Crippen molar-refractivity contribution in [1.29, 1.82) is 0 Å². The maximum Gasteiger partial charge on any atom is 0.325 e. The molecule has 1 saturated carbocycles. The molecule has 0 aliphatic heterocycles. The van der Waals surface area contributed by atoms with E-state index in [0.717, 1.165) is 19.0 Å². The first-order valence-corrected chi connectivity index (χ1v) is 6.32. The summed E-state index contributed by atoms with van der Waals surface area (Å²) in [6.07, 6.45) is 3.20. The number of rotatable bonds is 4. The van der Waals surface area contributed by atoms with E-state index in [1.54, 1.807) is 0 Å². The summed E-state index contributed by atoms with van der Waals surface area (Å²) in [6.45, 7) is 0.203. The van der Waals surface area contributed by atoms with Gasteiger partial charge in [-0.25, -0.2) is 4.79 Å². The van der Waals surface area contributed by atoms with Crippen LogP contribution in [0.2, 0.25) is 0 Å². The van der Waals surface area contributed by atoms with Gasteiger partial charge in [0.1, 0.15) is 5.56 Å². The molecule has 1 aromatic rings. The predicted molar refractivity (Wildman–Crippen MR) is 68.5 cm³/mol. The van der Waals surface area contributed by atoms with Crippen LogP contribution in [0.25, 0.3) is 0 Å². The first-order chi connectivity index (χ1) is 9.49. The average Bonchev–Trinajstić information content (AvgIpc) is 2.84. The lowest BCUT2D eigenvalue weighted by Crippen LogP contribution is -2.37. The molecule has 1 amide bonds. The maximum absolute atomic E-state index is 11.8. The highest BCUT2D eigenvalue weighted by Gasteiger charge is 2.33. The molecule has 1 heterocycles. The van der Waals surface area contributed by atoms with E-state index in [9.17, 15) is 19.2 Å². The molecule has 2 unspecified atom stereocenters. The summed E-state index contributed by atoms with van der Waals surface area (Å²) in [4.78, 5) is 49.2. The van der Waals surface area contributed by atoms with E-state index >= 15 is 0 Å². The second kappa shape index (κ2) is 5.72. The fraction of sp³-hybridized carbons (Fsp3) is 0.500. The lowest BCUT2D eigenvalue weighted by molar-refractivity contribution is -0.142. The number of amides is 1. The Labute approximate surface area is 113 Å². The minimum absolute atomic E-state index is 0.127. The first-order valence-electron chi connectivity index (χ1n) is 6.32. The molecule has 0 radical (unpaired) electrons. The number of aromatic amines is 2. The number of carboxylic acid groups (broad SMARTS) is 1. The van der Waals surface area contributed by atoms with E-state index in [-0.39, 0.29) is 18.0 Å². The molecule has 20 heavy (non-hydrogen) atoms. The number of aliphatic carboxylic acids is 1. The van der Waals surface area contributed by atoms with Crippen molar-refractivity contribution in [3.8, 4) is 0 Å². The number of hydrogen-bond donors (Lipinski definition) is 4. The van der Waals surface area contributed by atoms with Crippen LogP contribution in [0.15, 0.2) is 15.8 Å². The molecule has 2 atom stereocenters. The minimum Gasteiger partial charge on any atom is -0.481 e. The SMILES string of the molecule is O=C(NCC1CCCC1C(=O)O)c1c[nH]c(=O)[nH]c1=O. The van der Waals surface area contributed by atoms with E-state index in [2.05, 4.69) is 10.3 Å². The Morgan fingerprint density at radius 2 is 2.10 bits per heavy atom. The van der Waals surface area contributed by atoms with Crippen molar-refractivity contribution in [2.75, 3.05) is 6.54 Å². The molecule has 1 fully saturated rings. The van der Waals surface area contributed by atoms with Crippen molar-refractivity contribution in [2.24, 2.45) is 11.8 Å². The lowest BCUT2D eigenvalue weighted by Gasteiger charge is -2.16. The third-order valence-electron chi connectivity index (χ3n) is 3.56. The molecule has 0 saturated heterocycles. The second-order valence-electron chi connectivity index (χ2n) is 4.83. The maximum atomic E-state index is 11.8. The van der Waals surface area contributed by atoms with Crippen LogP contribution in [0.3, 0.4) is 0 Å². The highest BCUT2D eigenvalue weighted by Crippen LogP contribution is 2.31. The van der Waals surface area contributed by atoms with Gasteiger partial charge in [-0.05, 0) is 18.8 Å². The molecule has 1 aromatic heterocycles. The summed E-state index contributed by atoms with van der Waals surface area (Å²) in [5.41, 5.74) is -1.66. The lowest BCUT2D eigenvalue weighted by atomic mass is 9.96. The molecule has 108 valence electrons. The molecule has 8 heteroatoms. The van der Waals surface area contributed by atoms with Crippen molar-refractivity contribution in [3.05, 3.63) is 32.6 Å². The Morgan fingerprint density at radius 1 is 1.35 bits per heavy atom. The van der Waals surface area contributed by atoms with Gasteiger partial charge in [-0.2, -0.15) is 0 Å². The van der Waals surface area contributed by atoms with E-state index < -0.39 is 29.0 Å². The van der Waals surface area contributed by atoms with Crippen molar-refractivity contribution in [1.82, 2.24) is 15.3 Å². The summed E-state index contributed by atoms with van der Waals surface area (Å²) in [6, 6.07) is 0. The minimum atomic E-state index is -0.858. The third kappa shape index (κ3) is 2.95. The van der Waals surface area contributed by atoms with Crippen LogP contribution in [-0.2, 0) is 4.79 Å². The smallest absolute Gasteiger partial charge is 0.325 e. The van der Waals surface area contributed by atoms with E-state index in [1.165, 1.54) is 0 Å². The molecular weight excluding hydrogens is 266 g/mol. The predicted octanol–water partition coefficient (Wildman–Crippen LogP) is -0.706. The zero-order valence-corrected chi connectivity index (χ0v) is 10.6. The van der Waals surface area contributed by atoms with Crippen molar-refractivity contribution >= 4 is 11.9 Å². The van der Waals surface area contributed by atoms with Crippen molar-refractivity contribution in [2.45, 2.75) is 19.3 Å². The van der Waals surface area contributed by atoms with Crippen LogP contribution in [0.1, 0.15) is 29.6 Å². The van der Waals surface area contributed by atoms with Crippen LogP contribution in [0, 0.1) is 11.8 Å². The van der Waals surface area contributed by atoms with Crippen LogP contribution in [-0.4, -0.2) is 33.5 Å². The zero-order valence-electron chi connectivity index (χ0n) is 10.6. The van der Waals surface area contributed by atoms with Gasteiger partial charge in [0.15, 0.2) is 0 Å². The fourth-order valence-electron chi connectivity index (χ4n) is 2.50. The Morgan fingerprint density at radius 3 is 2.75 bits per heavy atom. The molecule has 0 bridgehead atoms. The molecular formula is C12H15N3O5. The van der Waals surface area contributed by atoms with Gasteiger partial charge < -0.3 is 15.4 Å². The van der Waals surface area contributed by atoms with E-state index in [4.69, 9.17) is 5.11 Å². The molecule has 8 nitrogen and oxygen atoms in total. The Bertz CT molecular complexity index is 632. The van der Waals surface area contributed by atoms with Gasteiger partial charge in [-0.3, -0.25) is 19.4 Å². The second-order valence-corrected chi connectivity index (χ2v) is 4.83. The molecule has 0 spiro atoms. The summed E-state index contributed by atoms with van der Waals surface area (Å²) >= 11 is 0. The monoisotopic (exact) mass is 281 g/mol. The number of carboxylic acids is 1. The summed E-state index contributed by atoms with van der Waals surface area (Å²) in [5.74, 6) is -2.07. The van der Waals surface area contributed by atoms with Gasteiger partial charge in [0, 0.05) is 12.7 Å². The number of aromatic nitrogens is 2. The summed E-state index contributed by atoms with van der Waals surface area (Å²) < 4.78 is 0. The van der Waals surface area contributed by atoms with Crippen LogP contribution in [0.5, 0.6) is 0 Å². The van der Waals surface area contributed by atoms with Gasteiger partial charge in [-0.1, -0.05) is 6.42 Å². The Balaban J connectivity index is 2.00. The first kappa shape index (κ1) is 14.0. The number of carbonyl (C=O) groups is 2. The number of carbonyl (C=O) groups excluding carboxylic acids is 1. The van der Waals surface area contributed by atoms with Gasteiger partial charge in [0.25, 0.3) is 11.5 Å². The summed E-state index contributed by atoms with van der Waals surface area (Å²) in [7, 11) is 0. The topological polar surface area (TPSA) is 132 Å². The average molecular weight is 281 g/mol. The number of nitrogens with one attached hydrogen (secondary N) is 3. The molecule has 0 aromatic carbocycles. The van der Waals surface area contributed by atoms with Crippen molar-refractivity contribution in [3.63, 3.8) is 0 Å². The fourth-order valence-corrected chi connectivity index (χ4v) is 2.50. The molecule has 1 aliphatic carbocycles. The van der Waals surface area contributed by atoms with E-state index in [0.29, 0.717) is 6.42 Å². The molecule has 1 aliphatic rings. The van der Waals surface area contributed by atoms with Crippen LogP contribution in [0.4, 0.5) is 0 Å². The largest absolute Gasteiger partial charge is 0.481 e.